The normalized spacial score (nSPS) is 24.6. The van der Waals surface area contributed by atoms with Crippen LogP contribution < -0.4 is 5.73 Å². The zero-order valence-corrected chi connectivity index (χ0v) is 11.1. The summed E-state index contributed by atoms with van der Waals surface area (Å²) < 4.78 is 0. The molecule has 1 aliphatic heterocycles. The fourth-order valence-electron chi connectivity index (χ4n) is 2.42. The van der Waals surface area contributed by atoms with Gasteiger partial charge in [-0.15, -0.1) is 11.3 Å². The second-order valence-electron chi connectivity index (χ2n) is 4.89. The van der Waals surface area contributed by atoms with Crippen molar-refractivity contribution in [1.82, 2.24) is 4.90 Å². The van der Waals surface area contributed by atoms with Crippen LogP contribution in [0.5, 0.6) is 0 Å². The average Bonchev–Trinajstić information content (AvgIpc) is 2.68. The number of likely N-dealkylation sites (tertiary alicyclic amines) is 1. The van der Waals surface area contributed by atoms with Crippen LogP contribution in [0.25, 0.3) is 0 Å². The molecule has 2 atom stereocenters. The van der Waals surface area contributed by atoms with Gasteiger partial charge in [-0.05, 0) is 45.4 Å². The second kappa shape index (κ2) is 5.30. The van der Waals surface area contributed by atoms with Crippen LogP contribution in [0, 0.1) is 6.92 Å². The molecule has 90 valence electrons. The average molecular weight is 238 g/mol. The van der Waals surface area contributed by atoms with Crippen LogP contribution >= 0.6 is 11.3 Å². The van der Waals surface area contributed by atoms with Gasteiger partial charge in [-0.25, -0.2) is 0 Å². The smallest absolute Gasteiger partial charge is 0.0519 e. The van der Waals surface area contributed by atoms with Crippen molar-refractivity contribution in [3.63, 3.8) is 0 Å². The molecule has 3 heteroatoms. The van der Waals surface area contributed by atoms with Gasteiger partial charge in [0.05, 0.1) is 6.04 Å². The third-order valence-corrected chi connectivity index (χ3v) is 4.63. The highest BCUT2D eigenvalue weighted by Gasteiger charge is 2.21. The summed E-state index contributed by atoms with van der Waals surface area (Å²) in [4.78, 5) is 5.23. The van der Waals surface area contributed by atoms with Gasteiger partial charge >= 0.3 is 0 Å². The summed E-state index contributed by atoms with van der Waals surface area (Å²) in [6.07, 6.45) is 4.04. The lowest BCUT2D eigenvalue weighted by atomic mass is 10.0. The molecule has 0 amide bonds. The van der Waals surface area contributed by atoms with Gasteiger partial charge in [-0.2, -0.15) is 0 Å². The lowest BCUT2D eigenvalue weighted by molar-refractivity contribution is 0.152. The Morgan fingerprint density at radius 2 is 2.31 bits per heavy atom. The van der Waals surface area contributed by atoms with E-state index >= 15 is 0 Å². The largest absolute Gasteiger partial charge is 0.322 e. The molecular formula is C13H22N2S. The van der Waals surface area contributed by atoms with E-state index in [2.05, 4.69) is 30.9 Å². The van der Waals surface area contributed by atoms with Crippen LogP contribution in [0.4, 0.5) is 0 Å². The third-order valence-electron chi connectivity index (χ3n) is 3.50. The van der Waals surface area contributed by atoms with Gasteiger partial charge in [0.1, 0.15) is 0 Å². The predicted molar refractivity (Wildman–Crippen MR) is 70.9 cm³/mol. The monoisotopic (exact) mass is 238 g/mol. The minimum absolute atomic E-state index is 0.194. The summed E-state index contributed by atoms with van der Waals surface area (Å²) in [5.41, 5.74) is 6.27. The van der Waals surface area contributed by atoms with E-state index < -0.39 is 0 Å². The molecule has 0 saturated carbocycles. The summed E-state index contributed by atoms with van der Waals surface area (Å²) >= 11 is 1.83. The minimum Gasteiger partial charge on any atom is -0.322 e. The Hall–Kier alpha value is -0.380. The molecule has 2 rings (SSSR count). The maximum Gasteiger partial charge on any atom is 0.0519 e. The Balaban J connectivity index is 1.93. The number of piperidine rings is 1. The summed E-state index contributed by atoms with van der Waals surface area (Å²) in [7, 11) is 0. The first kappa shape index (κ1) is 12.1. The number of hydrogen-bond acceptors (Lipinski definition) is 3. The highest BCUT2D eigenvalue weighted by atomic mass is 32.1. The van der Waals surface area contributed by atoms with E-state index in [0.29, 0.717) is 6.04 Å². The molecule has 0 aromatic carbocycles. The lowest BCUT2D eigenvalue weighted by Crippen LogP contribution is -2.41. The van der Waals surface area contributed by atoms with E-state index in [9.17, 15) is 0 Å². The molecule has 0 aliphatic carbocycles. The SMILES string of the molecule is Cc1ccc(C(N)CN2CCCCC2C)s1. The van der Waals surface area contributed by atoms with Gasteiger partial charge in [0, 0.05) is 22.3 Å². The molecular weight excluding hydrogens is 216 g/mol. The molecule has 16 heavy (non-hydrogen) atoms. The molecule has 0 radical (unpaired) electrons. The van der Waals surface area contributed by atoms with E-state index in [4.69, 9.17) is 5.73 Å². The molecule has 1 saturated heterocycles. The predicted octanol–water partition coefficient (Wildman–Crippen LogP) is 2.93. The first-order valence-electron chi connectivity index (χ1n) is 6.23. The van der Waals surface area contributed by atoms with Crippen LogP contribution in [-0.2, 0) is 0 Å². The third kappa shape index (κ3) is 2.84. The van der Waals surface area contributed by atoms with Gasteiger partial charge < -0.3 is 5.73 Å². The van der Waals surface area contributed by atoms with Crippen molar-refractivity contribution in [2.24, 2.45) is 5.73 Å². The van der Waals surface area contributed by atoms with Crippen molar-refractivity contribution in [1.29, 1.82) is 0 Å². The van der Waals surface area contributed by atoms with Gasteiger partial charge in [-0.1, -0.05) is 6.42 Å². The topological polar surface area (TPSA) is 29.3 Å². The van der Waals surface area contributed by atoms with Crippen LogP contribution in [-0.4, -0.2) is 24.0 Å². The molecule has 0 bridgehead atoms. The Morgan fingerprint density at radius 1 is 1.50 bits per heavy atom. The van der Waals surface area contributed by atoms with E-state index in [1.165, 1.54) is 35.6 Å². The number of aryl methyl sites for hydroxylation is 1. The van der Waals surface area contributed by atoms with Crippen molar-refractivity contribution in [3.8, 4) is 0 Å². The number of nitrogens with zero attached hydrogens (tertiary/aromatic N) is 1. The van der Waals surface area contributed by atoms with E-state index in [0.717, 1.165) is 6.54 Å². The summed E-state index contributed by atoms with van der Waals surface area (Å²) in [5.74, 6) is 0. The Bertz CT molecular complexity index is 334. The Labute approximate surface area is 102 Å². The summed E-state index contributed by atoms with van der Waals surface area (Å²) in [6, 6.07) is 5.25. The van der Waals surface area contributed by atoms with Gasteiger partial charge in [0.2, 0.25) is 0 Å². The number of hydrogen-bond donors (Lipinski definition) is 1. The van der Waals surface area contributed by atoms with Crippen LogP contribution in [0.2, 0.25) is 0 Å². The Kier molecular flexibility index (Phi) is 4.00. The lowest BCUT2D eigenvalue weighted by Gasteiger charge is -2.34. The molecule has 2 heterocycles. The number of thiophene rings is 1. The molecule has 2 nitrogen and oxygen atoms in total. The summed E-state index contributed by atoms with van der Waals surface area (Å²) in [5, 5.41) is 0. The maximum absolute atomic E-state index is 6.27. The van der Waals surface area contributed by atoms with Crippen molar-refractivity contribution in [2.75, 3.05) is 13.1 Å². The molecule has 2 unspecified atom stereocenters. The molecule has 2 N–H and O–H groups in total. The van der Waals surface area contributed by atoms with Crippen LogP contribution in [0.3, 0.4) is 0 Å². The van der Waals surface area contributed by atoms with Gasteiger partial charge in [-0.3, -0.25) is 4.90 Å². The summed E-state index contributed by atoms with van der Waals surface area (Å²) in [6.45, 7) is 6.70. The molecule has 1 aromatic heterocycles. The Morgan fingerprint density at radius 3 is 2.94 bits per heavy atom. The minimum atomic E-state index is 0.194. The maximum atomic E-state index is 6.27. The fraction of sp³-hybridized carbons (Fsp3) is 0.692. The van der Waals surface area contributed by atoms with Gasteiger partial charge in [0.15, 0.2) is 0 Å². The zero-order valence-electron chi connectivity index (χ0n) is 10.3. The van der Waals surface area contributed by atoms with Crippen LogP contribution in [0.15, 0.2) is 12.1 Å². The van der Waals surface area contributed by atoms with E-state index in [1.54, 1.807) is 0 Å². The highest BCUT2D eigenvalue weighted by molar-refractivity contribution is 7.12. The first-order chi connectivity index (χ1) is 7.66. The first-order valence-corrected chi connectivity index (χ1v) is 7.04. The van der Waals surface area contributed by atoms with E-state index in [-0.39, 0.29) is 6.04 Å². The van der Waals surface area contributed by atoms with Crippen molar-refractivity contribution in [2.45, 2.75) is 45.2 Å². The molecule has 1 aliphatic rings. The molecule has 1 aromatic rings. The quantitative estimate of drug-likeness (QED) is 0.877. The van der Waals surface area contributed by atoms with Crippen molar-refractivity contribution < 1.29 is 0 Å². The molecule has 1 fully saturated rings. The standard InChI is InChI=1S/C13H22N2S/c1-10-5-3-4-8-15(10)9-12(14)13-7-6-11(2)16-13/h6-7,10,12H,3-5,8-9,14H2,1-2H3. The van der Waals surface area contributed by atoms with Crippen molar-refractivity contribution >= 4 is 11.3 Å². The molecule has 0 spiro atoms. The highest BCUT2D eigenvalue weighted by Crippen LogP contribution is 2.24. The number of rotatable bonds is 3. The van der Waals surface area contributed by atoms with E-state index in [1.807, 2.05) is 11.3 Å². The zero-order chi connectivity index (χ0) is 11.5. The van der Waals surface area contributed by atoms with Crippen LogP contribution in [0.1, 0.15) is 42.0 Å². The second-order valence-corrected chi connectivity index (χ2v) is 6.21. The van der Waals surface area contributed by atoms with Gasteiger partial charge in [0.25, 0.3) is 0 Å². The fourth-order valence-corrected chi connectivity index (χ4v) is 3.29. The number of nitrogens with two attached hydrogens (primary N) is 1. The van der Waals surface area contributed by atoms with Crippen molar-refractivity contribution in [3.05, 3.63) is 21.9 Å².